The Labute approximate surface area is 91.5 Å². The average Bonchev–Trinajstić information content (AvgIpc) is 2.25. The number of nitriles is 1. The van der Waals surface area contributed by atoms with Crippen molar-refractivity contribution in [3.8, 4) is 6.07 Å². The van der Waals surface area contributed by atoms with Gasteiger partial charge in [-0.3, -0.25) is 4.79 Å². The second-order valence-corrected chi connectivity index (χ2v) is 2.88. The topological polar surface area (TPSA) is 53.8 Å². The van der Waals surface area contributed by atoms with Crippen molar-refractivity contribution in [3.63, 3.8) is 0 Å². The monoisotopic (exact) mass is 250 g/mol. The average molecular weight is 250 g/mol. The quantitative estimate of drug-likeness (QED) is 0.599. The van der Waals surface area contributed by atoms with Crippen molar-refractivity contribution < 1.29 is 26.7 Å². The first-order valence-electron chi connectivity index (χ1n) is 4.06. The summed E-state index contributed by atoms with van der Waals surface area (Å²) in [6.07, 6.45) is -8.73. The van der Waals surface area contributed by atoms with Crippen molar-refractivity contribution in [1.82, 2.24) is 4.98 Å². The van der Waals surface area contributed by atoms with Crippen molar-refractivity contribution in [2.45, 2.75) is 12.6 Å². The van der Waals surface area contributed by atoms with E-state index in [4.69, 9.17) is 5.26 Å². The third-order valence-corrected chi connectivity index (χ3v) is 1.83. The molecular weight excluding hydrogens is 247 g/mol. The molecule has 1 aromatic rings. The van der Waals surface area contributed by atoms with E-state index in [9.17, 15) is 26.7 Å². The molecule has 0 atom stereocenters. The van der Waals surface area contributed by atoms with Crippen LogP contribution in [-0.2, 0) is 6.18 Å². The Morgan fingerprint density at radius 2 is 2.00 bits per heavy atom. The minimum Gasteiger partial charge on any atom is -0.298 e. The summed E-state index contributed by atoms with van der Waals surface area (Å²) in [5.41, 5.74) is -4.99. The van der Waals surface area contributed by atoms with Gasteiger partial charge in [0, 0.05) is 0 Å². The smallest absolute Gasteiger partial charge is 0.298 e. The Morgan fingerprint density at radius 3 is 2.35 bits per heavy atom. The summed E-state index contributed by atoms with van der Waals surface area (Å²) in [5.74, 6) is 0. The molecule has 0 unspecified atom stereocenters. The summed E-state index contributed by atoms with van der Waals surface area (Å²) in [5, 5.41) is 8.38. The SMILES string of the molecule is N#Cc1cc(C(F)(F)F)c(C=O)c(C(F)F)n1. The van der Waals surface area contributed by atoms with E-state index >= 15 is 0 Å². The normalized spacial score (nSPS) is 11.4. The highest BCUT2D eigenvalue weighted by atomic mass is 19.4. The molecular formula is C9H3F5N2O. The maximum absolute atomic E-state index is 12.5. The molecule has 90 valence electrons. The van der Waals surface area contributed by atoms with E-state index in [1.54, 1.807) is 0 Å². The van der Waals surface area contributed by atoms with Crippen LogP contribution in [0.2, 0.25) is 0 Å². The number of carbonyl (C=O) groups is 1. The van der Waals surface area contributed by atoms with Crippen LogP contribution in [0, 0.1) is 11.3 Å². The predicted octanol–water partition coefficient (Wildman–Crippen LogP) is 2.72. The van der Waals surface area contributed by atoms with Gasteiger partial charge in [-0.1, -0.05) is 0 Å². The lowest BCUT2D eigenvalue weighted by Crippen LogP contribution is -2.14. The van der Waals surface area contributed by atoms with Gasteiger partial charge in [0.1, 0.15) is 17.5 Å². The Kier molecular flexibility index (Phi) is 3.41. The van der Waals surface area contributed by atoms with Crippen molar-refractivity contribution >= 4 is 6.29 Å². The lowest BCUT2D eigenvalue weighted by molar-refractivity contribution is -0.138. The molecule has 8 heteroatoms. The zero-order valence-corrected chi connectivity index (χ0v) is 7.92. The van der Waals surface area contributed by atoms with Crippen molar-refractivity contribution in [1.29, 1.82) is 5.26 Å². The summed E-state index contributed by atoms with van der Waals surface area (Å²) in [7, 11) is 0. The van der Waals surface area contributed by atoms with Gasteiger partial charge < -0.3 is 0 Å². The van der Waals surface area contributed by atoms with Gasteiger partial charge in [-0.05, 0) is 6.07 Å². The van der Waals surface area contributed by atoms with Crippen LogP contribution in [-0.4, -0.2) is 11.3 Å². The third-order valence-electron chi connectivity index (χ3n) is 1.83. The van der Waals surface area contributed by atoms with E-state index in [1.165, 1.54) is 6.07 Å². The van der Waals surface area contributed by atoms with Crippen LogP contribution in [0.25, 0.3) is 0 Å². The van der Waals surface area contributed by atoms with Crippen molar-refractivity contribution in [2.24, 2.45) is 0 Å². The molecule has 1 rings (SSSR count). The van der Waals surface area contributed by atoms with Crippen molar-refractivity contribution in [2.75, 3.05) is 0 Å². The van der Waals surface area contributed by atoms with E-state index in [1.807, 2.05) is 0 Å². The summed E-state index contributed by atoms with van der Waals surface area (Å²) in [6.45, 7) is 0. The van der Waals surface area contributed by atoms with Crippen LogP contribution >= 0.6 is 0 Å². The van der Waals surface area contributed by atoms with Crippen LogP contribution in [0.3, 0.4) is 0 Å². The summed E-state index contributed by atoms with van der Waals surface area (Å²) >= 11 is 0. The largest absolute Gasteiger partial charge is 0.417 e. The lowest BCUT2D eigenvalue weighted by Gasteiger charge is -2.12. The molecule has 3 nitrogen and oxygen atoms in total. The molecule has 0 saturated carbocycles. The van der Waals surface area contributed by atoms with Gasteiger partial charge in [0.25, 0.3) is 6.43 Å². The molecule has 0 spiro atoms. The highest BCUT2D eigenvalue weighted by molar-refractivity contribution is 5.79. The Hall–Kier alpha value is -2.04. The summed E-state index contributed by atoms with van der Waals surface area (Å²) < 4.78 is 62.2. The maximum atomic E-state index is 12.5. The number of nitrogens with zero attached hydrogens (tertiary/aromatic N) is 2. The maximum Gasteiger partial charge on any atom is 0.417 e. The lowest BCUT2D eigenvalue weighted by atomic mass is 10.1. The Bertz CT molecular complexity index is 489. The van der Waals surface area contributed by atoms with E-state index in [0.29, 0.717) is 0 Å². The molecule has 0 bridgehead atoms. The molecule has 0 aliphatic rings. The van der Waals surface area contributed by atoms with Gasteiger partial charge in [0.05, 0.1) is 11.1 Å². The molecule has 0 saturated heterocycles. The number of pyridine rings is 1. The standard InChI is InChI=1S/C9H3F5N2O/c10-8(11)7-5(3-17)6(9(12,13)14)1-4(2-15)16-7/h1,3,8H. The minimum absolute atomic E-state index is 0.260. The number of hydrogen-bond donors (Lipinski definition) is 0. The summed E-state index contributed by atoms with van der Waals surface area (Å²) in [6, 6.07) is 1.49. The van der Waals surface area contributed by atoms with E-state index in [0.717, 1.165) is 0 Å². The van der Waals surface area contributed by atoms with Gasteiger partial charge in [-0.15, -0.1) is 0 Å². The van der Waals surface area contributed by atoms with Gasteiger partial charge in [-0.2, -0.15) is 18.4 Å². The van der Waals surface area contributed by atoms with Gasteiger partial charge >= 0.3 is 6.18 Å². The Balaban J connectivity index is 3.64. The van der Waals surface area contributed by atoms with Gasteiger partial charge in [-0.25, -0.2) is 13.8 Å². The first-order chi connectivity index (χ1) is 7.81. The fourth-order valence-electron chi connectivity index (χ4n) is 1.16. The highest BCUT2D eigenvalue weighted by Crippen LogP contribution is 2.35. The van der Waals surface area contributed by atoms with Gasteiger partial charge in [0.2, 0.25) is 0 Å². The van der Waals surface area contributed by atoms with Gasteiger partial charge in [0.15, 0.2) is 6.29 Å². The van der Waals surface area contributed by atoms with Crippen LogP contribution in [0.5, 0.6) is 0 Å². The fourth-order valence-corrected chi connectivity index (χ4v) is 1.16. The number of carbonyl (C=O) groups excluding carboxylic acids is 1. The zero-order chi connectivity index (χ0) is 13.2. The number of alkyl halides is 5. The predicted molar refractivity (Wildman–Crippen MR) is 44.3 cm³/mol. The van der Waals surface area contributed by atoms with E-state index < -0.39 is 35.1 Å². The minimum atomic E-state index is -5.01. The second-order valence-electron chi connectivity index (χ2n) is 2.88. The molecule has 0 amide bonds. The number of aromatic nitrogens is 1. The second kappa shape index (κ2) is 4.45. The number of halogens is 5. The molecule has 0 radical (unpaired) electrons. The van der Waals surface area contributed by atoms with E-state index in [2.05, 4.69) is 4.98 Å². The first-order valence-corrected chi connectivity index (χ1v) is 4.06. The van der Waals surface area contributed by atoms with Crippen LogP contribution < -0.4 is 0 Å². The number of aldehydes is 1. The van der Waals surface area contributed by atoms with E-state index in [-0.39, 0.29) is 12.4 Å². The molecule has 0 aromatic carbocycles. The molecule has 17 heavy (non-hydrogen) atoms. The first kappa shape index (κ1) is 13.0. The van der Waals surface area contributed by atoms with Crippen LogP contribution in [0.1, 0.15) is 33.7 Å². The highest BCUT2D eigenvalue weighted by Gasteiger charge is 2.36. The van der Waals surface area contributed by atoms with Crippen LogP contribution in [0.15, 0.2) is 6.07 Å². The molecule has 0 N–H and O–H groups in total. The molecule has 1 aromatic heterocycles. The molecule has 0 aliphatic heterocycles. The third kappa shape index (κ3) is 2.55. The zero-order valence-electron chi connectivity index (χ0n) is 7.92. The molecule has 0 fully saturated rings. The number of rotatable bonds is 2. The van der Waals surface area contributed by atoms with Crippen molar-refractivity contribution in [3.05, 3.63) is 28.6 Å². The summed E-state index contributed by atoms with van der Waals surface area (Å²) in [4.78, 5) is 13.4. The van der Waals surface area contributed by atoms with Crippen LogP contribution in [0.4, 0.5) is 22.0 Å². The Morgan fingerprint density at radius 1 is 1.41 bits per heavy atom. The molecule has 1 heterocycles. The molecule has 0 aliphatic carbocycles. The number of hydrogen-bond acceptors (Lipinski definition) is 3. The fraction of sp³-hybridized carbons (Fsp3) is 0.222.